The number of hydrogen-bond donors (Lipinski definition) is 0. The number of carbonyl (C=O) groups excluding carboxylic acids is 1. The average molecular weight is 167 g/mol. The zero-order chi connectivity index (χ0) is 9.35. The maximum Gasteiger partial charge on any atom is 0.165 e. The molecule has 68 valence electrons. The third kappa shape index (κ3) is 1.57. The third-order valence-corrected chi connectivity index (χ3v) is 2.63. The number of carbonyl (C=O) groups is 1. The first-order valence-electron chi connectivity index (χ1n) is 4.59. The van der Waals surface area contributed by atoms with E-state index in [0.717, 1.165) is 12.1 Å². The lowest BCUT2D eigenvalue weighted by Crippen LogP contribution is -2.23. The van der Waals surface area contributed by atoms with Crippen molar-refractivity contribution in [3.63, 3.8) is 0 Å². The number of aliphatic imine (C=N–C) groups is 1. The van der Waals surface area contributed by atoms with Crippen LogP contribution in [0.2, 0.25) is 0 Å². The first-order valence-corrected chi connectivity index (χ1v) is 4.59. The Balaban J connectivity index is 2.79. The molecule has 0 aromatic rings. The quantitative estimate of drug-likeness (QED) is 0.620. The van der Waals surface area contributed by atoms with E-state index in [0.29, 0.717) is 12.3 Å². The van der Waals surface area contributed by atoms with Gasteiger partial charge in [-0.3, -0.25) is 9.79 Å². The molecule has 0 amide bonds. The minimum Gasteiger partial charge on any atom is -0.297 e. The van der Waals surface area contributed by atoms with Gasteiger partial charge in [0.15, 0.2) is 5.78 Å². The van der Waals surface area contributed by atoms with E-state index in [1.54, 1.807) is 0 Å². The van der Waals surface area contributed by atoms with Crippen LogP contribution >= 0.6 is 0 Å². The molecule has 0 fully saturated rings. The van der Waals surface area contributed by atoms with Crippen molar-refractivity contribution >= 4 is 11.5 Å². The van der Waals surface area contributed by atoms with Crippen LogP contribution in [0.4, 0.5) is 0 Å². The van der Waals surface area contributed by atoms with E-state index < -0.39 is 5.54 Å². The normalized spacial score (nSPS) is 24.0. The molecule has 12 heavy (non-hydrogen) atoms. The first kappa shape index (κ1) is 9.43. The van der Waals surface area contributed by atoms with Crippen molar-refractivity contribution in [1.82, 2.24) is 0 Å². The molecule has 0 aromatic carbocycles. The maximum absolute atomic E-state index is 11.4. The maximum atomic E-state index is 11.4. The standard InChI is InChI=1S/C10H17NO/c1-5-7(2)8-6-9(12)10(3,4)11-8/h7H,5-6H2,1-4H3. The van der Waals surface area contributed by atoms with E-state index in [-0.39, 0.29) is 5.78 Å². The van der Waals surface area contributed by atoms with Crippen molar-refractivity contribution < 1.29 is 4.79 Å². The SMILES string of the molecule is CCC(C)C1=NC(C)(C)C(=O)C1. The summed E-state index contributed by atoms with van der Waals surface area (Å²) in [7, 11) is 0. The zero-order valence-electron chi connectivity index (χ0n) is 8.35. The molecule has 0 aliphatic carbocycles. The first-order chi connectivity index (χ1) is 5.47. The highest BCUT2D eigenvalue weighted by atomic mass is 16.1. The van der Waals surface area contributed by atoms with Gasteiger partial charge in [-0.15, -0.1) is 0 Å². The van der Waals surface area contributed by atoms with Crippen LogP contribution in [0.25, 0.3) is 0 Å². The lowest BCUT2D eigenvalue weighted by Gasteiger charge is -2.10. The fourth-order valence-electron chi connectivity index (χ4n) is 1.36. The van der Waals surface area contributed by atoms with Gasteiger partial charge in [-0.2, -0.15) is 0 Å². The van der Waals surface area contributed by atoms with E-state index in [4.69, 9.17) is 0 Å². The van der Waals surface area contributed by atoms with Gasteiger partial charge in [0.05, 0.1) is 0 Å². The van der Waals surface area contributed by atoms with Crippen molar-refractivity contribution in [2.75, 3.05) is 0 Å². The smallest absolute Gasteiger partial charge is 0.165 e. The topological polar surface area (TPSA) is 29.4 Å². The molecule has 1 atom stereocenters. The van der Waals surface area contributed by atoms with Crippen molar-refractivity contribution in [2.24, 2.45) is 10.9 Å². The summed E-state index contributed by atoms with van der Waals surface area (Å²) < 4.78 is 0. The Morgan fingerprint density at radius 3 is 2.50 bits per heavy atom. The van der Waals surface area contributed by atoms with Crippen LogP contribution in [0.15, 0.2) is 4.99 Å². The minimum absolute atomic E-state index is 0.262. The van der Waals surface area contributed by atoms with Gasteiger partial charge < -0.3 is 0 Å². The molecule has 0 saturated carbocycles. The summed E-state index contributed by atoms with van der Waals surface area (Å²) in [4.78, 5) is 15.9. The Morgan fingerprint density at radius 1 is 1.58 bits per heavy atom. The minimum atomic E-state index is -0.446. The Labute approximate surface area is 74.1 Å². The number of ketones is 1. The fraction of sp³-hybridized carbons (Fsp3) is 0.800. The molecule has 1 rings (SSSR count). The number of rotatable bonds is 2. The molecule has 1 aliphatic heterocycles. The largest absolute Gasteiger partial charge is 0.297 e. The highest BCUT2D eigenvalue weighted by Gasteiger charge is 2.34. The van der Waals surface area contributed by atoms with Crippen LogP contribution in [0.3, 0.4) is 0 Å². The molecule has 1 unspecified atom stereocenters. The summed E-state index contributed by atoms with van der Waals surface area (Å²) in [5.74, 6) is 0.730. The zero-order valence-corrected chi connectivity index (χ0v) is 8.35. The highest BCUT2D eigenvalue weighted by Crippen LogP contribution is 2.25. The van der Waals surface area contributed by atoms with Crippen LogP contribution < -0.4 is 0 Å². The fourth-order valence-corrected chi connectivity index (χ4v) is 1.36. The summed E-state index contributed by atoms with van der Waals surface area (Å²) in [5.41, 5.74) is 0.645. The van der Waals surface area contributed by atoms with Crippen LogP contribution in [0, 0.1) is 5.92 Å². The molecule has 1 aliphatic rings. The van der Waals surface area contributed by atoms with Gasteiger partial charge >= 0.3 is 0 Å². The second-order valence-corrected chi connectivity index (χ2v) is 4.07. The molecular weight excluding hydrogens is 150 g/mol. The monoisotopic (exact) mass is 167 g/mol. The summed E-state index contributed by atoms with van der Waals surface area (Å²) in [5, 5.41) is 0. The van der Waals surface area contributed by atoms with Crippen molar-refractivity contribution in [3.8, 4) is 0 Å². The van der Waals surface area contributed by atoms with Gasteiger partial charge in [0.1, 0.15) is 5.54 Å². The van der Waals surface area contributed by atoms with Gasteiger partial charge in [0.2, 0.25) is 0 Å². The molecule has 0 N–H and O–H groups in total. The van der Waals surface area contributed by atoms with Crippen LogP contribution in [0.5, 0.6) is 0 Å². The molecule has 1 heterocycles. The second kappa shape index (κ2) is 3.00. The molecule has 2 nitrogen and oxygen atoms in total. The van der Waals surface area contributed by atoms with Crippen molar-refractivity contribution in [2.45, 2.75) is 46.1 Å². The summed E-state index contributed by atoms with van der Waals surface area (Å²) >= 11 is 0. The lowest BCUT2D eigenvalue weighted by molar-refractivity contribution is -0.120. The van der Waals surface area contributed by atoms with Gasteiger partial charge in [-0.05, 0) is 26.2 Å². The van der Waals surface area contributed by atoms with E-state index in [9.17, 15) is 4.79 Å². The Morgan fingerprint density at radius 2 is 2.17 bits per heavy atom. The van der Waals surface area contributed by atoms with E-state index in [1.165, 1.54) is 0 Å². The van der Waals surface area contributed by atoms with Gasteiger partial charge in [0, 0.05) is 12.1 Å². The Hall–Kier alpha value is -0.660. The molecule has 0 saturated heterocycles. The van der Waals surface area contributed by atoms with Crippen LogP contribution in [-0.2, 0) is 4.79 Å². The van der Waals surface area contributed by atoms with Crippen LogP contribution in [0.1, 0.15) is 40.5 Å². The predicted molar refractivity (Wildman–Crippen MR) is 50.6 cm³/mol. The Bertz CT molecular complexity index is 228. The van der Waals surface area contributed by atoms with Gasteiger partial charge in [0.25, 0.3) is 0 Å². The van der Waals surface area contributed by atoms with Gasteiger partial charge in [-0.25, -0.2) is 0 Å². The molecule has 0 spiro atoms. The summed E-state index contributed by atoms with van der Waals surface area (Å²) in [6.07, 6.45) is 1.64. The van der Waals surface area contributed by atoms with Gasteiger partial charge in [-0.1, -0.05) is 13.8 Å². The van der Waals surface area contributed by atoms with Crippen LogP contribution in [-0.4, -0.2) is 17.0 Å². The van der Waals surface area contributed by atoms with E-state index in [2.05, 4.69) is 18.8 Å². The summed E-state index contributed by atoms with van der Waals surface area (Å²) in [6.45, 7) is 8.05. The third-order valence-electron chi connectivity index (χ3n) is 2.63. The lowest BCUT2D eigenvalue weighted by atomic mass is 9.97. The number of Topliss-reactive ketones (excluding diaryl/α,β-unsaturated/α-hetero) is 1. The molecular formula is C10H17NO. The van der Waals surface area contributed by atoms with E-state index >= 15 is 0 Å². The highest BCUT2D eigenvalue weighted by molar-refractivity contribution is 6.11. The number of hydrogen-bond acceptors (Lipinski definition) is 2. The second-order valence-electron chi connectivity index (χ2n) is 4.07. The van der Waals surface area contributed by atoms with Crippen molar-refractivity contribution in [3.05, 3.63) is 0 Å². The summed E-state index contributed by atoms with van der Waals surface area (Å²) in [6, 6.07) is 0. The average Bonchev–Trinajstić information content (AvgIpc) is 2.25. The van der Waals surface area contributed by atoms with Crippen molar-refractivity contribution in [1.29, 1.82) is 0 Å². The molecule has 0 bridgehead atoms. The Kier molecular flexibility index (Phi) is 2.36. The van der Waals surface area contributed by atoms with E-state index in [1.807, 2.05) is 13.8 Å². The molecule has 0 radical (unpaired) electrons. The number of nitrogens with zero attached hydrogens (tertiary/aromatic N) is 1. The molecule has 2 heteroatoms. The predicted octanol–water partition coefficient (Wildman–Crippen LogP) is 2.22. The molecule has 0 aromatic heterocycles.